The maximum Gasteiger partial charge on any atom is -0.0417 e. The largest absolute Gasteiger partial charge is 0.769 e. The van der Waals surface area contributed by atoms with Crippen LogP contribution in [0.5, 0.6) is 0 Å². The smallest absolute Gasteiger partial charge is 0.0417 e. The molecule has 0 saturated heterocycles. The quantitative estimate of drug-likeness (QED) is 0.654. The summed E-state index contributed by atoms with van der Waals surface area (Å²) in [6.45, 7) is 11.5. The standard InChI is InChI=1S/C9H20.ClO/c1-7(2)6-9(5)8(3)4;1-2/h7-9H,6H2,1-5H3;/q;-1. The summed E-state index contributed by atoms with van der Waals surface area (Å²) in [4.78, 5) is 0. The molecule has 0 bridgehead atoms. The van der Waals surface area contributed by atoms with E-state index < -0.39 is 0 Å². The van der Waals surface area contributed by atoms with Crippen molar-refractivity contribution in [1.29, 1.82) is 0 Å². The fraction of sp³-hybridized carbons (Fsp3) is 1.00. The van der Waals surface area contributed by atoms with Crippen LogP contribution in [0.2, 0.25) is 0 Å². The van der Waals surface area contributed by atoms with Crippen molar-refractivity contribution in [2.75, 3.05) is 0 Å². The van der Waals surface area contributed by atoms with Crippen LogP contribution in [0.25, 0.3) is 0 Å². The number of hydrogen-bond donors (Lipinski definition) is 0. The predicted octanol–water partition coefficient (Wildman–Crippen LogP) is 2.83. The fourth-order valence-corrected chi connectivity index (χ4v) is 1.02. The highest BCUT2D eigenvalue weighted by atomic mass is 35.5. The number of hydrogen-bond acceptors (Lipinski definition) is 1. The van der Waals surface area contributed by atoms with Crippen molar-refractivity contribution < 1.29 is 4.66 Å². The zero-order valence-corrected chi connectivity index (χ0v) is 8.98. The zero-order chi connectivity index (χ0) is 9.44. The van der Waals surface area contributed by atoms with Gasteiger partial charge in [-0.15, -0.1) is 0 Å². The van der Waals surface area contributed by atoms with Crippen LogP contribution in [0.15, 0.2) is 0 Å². The Kier molecular flexibility index (Phi) is 10.5. The Morgan fingerprint density at radius 2 is 1.36 bits per heavy atom. The molecule has 0 saturated carbocycles. The molecule has 0 N–H and O–H groups in total. The highest BCUT2D eigenvalue weighted by Crippen LogP contribution is 2.18. The molecule has 70 valence electrons. The van der Waals surface area contributed by atoms with Crippen LogP contribution in [0.1, 0.15) is 41.0 Å². The molecule has 0 aromatic rings. The van der Waals surface area contributed by atoms with Gasteiger partial charge >= 0.3 is 0 Å². The van der Waals surface area contributed by atoms with Crippen molar-refractivity contribution in [1.82, 2.24) is 0 Å². The van der Waals surface area contributed by atoms with Crippen LogP contribution in [-0.4, -0.2) is 0 Å². The first-order valence-electron chi connectivity index (χ1n) is 4.19. The van der Waals surface area contributed by atoms with E-state index in [1.54, 1.807) is 0 Å². The molecule has 0 aliphatic carbocycles. The molecule has 1 nitrogen and oxygen atoms in total. The summed E-state index contributed by atoms with van der Waals surface area (Å²) in [7, 11) is 0. The summed E-state index contributed by atoms with van der Waals surface area (Å²) in [5, 5.41) is 0. The minimum absolute atomic E-state index is 0.854. The van der Waals surface area contributed by atoms with E-state index in [0.29, 0.717) is 0 Å². The minimum atomic E-state index is 0.854. The first-order chi connectivity index (χ1) is 5.04. The molecular weight excluding hydrogens is 160 g/mol. The lowest BCUT2D eigenvalue weighted by Gasteiger charge is -2.16. The van der Waals surface area contributed by atoms with E-state index in [9.17, 15) is 0 Å². The maximum absolute atomic E-state index is 7.72. The van der Waals surface area contributed by atoms with Crippen LogP contribution in [-0.2, 0) is 0 Å². The van der Waals surface area contributed by atoms with Gasteiger partial charge in [0.1, 0.15) is 0 Å². The summed E-state index contributed by atoms with van der Waals surface area (Å²) in [6, 6.07) is 0. The lowest BCUT2D eigenvalue weighted by atomic mass is 9.90. The van der Waals surface area contributed by atoms with Gasteiger partial charge in [0, 0.05) is 0 Å². The van der Waals surface area contributed by atoms with Crippen LogP contribution >= 0.6 is 11.9 Å². The molecular formula is C9H20ClO-. The van der Waals surface area contributed by atoms with Gasteiger partial charge in [0.25, 0.3) is 0 Å². The summed E-state index contributed by atoms with van der Waals surface area (Å²) < 4.78 is 7.72. The van der Waals surface area contributed by atoms with Crippen molar-refractivity contribution in [3.05, 3.63) is 0 Å². The average Bonchev–Trinajstić information content (AvgIpc) is 1.90. The lowest BCUT2D eigenvalue weighted by Crippen LogP contribution is -2.06. The first-order valence-corrected chi connectivity index (χ1v) is 4.50. The van der Waals surface area contributed by atoms with Gasteiger partial charge in [0.05, 0.1) is 0 Å². The van der Waals surface area contributed by atoms with E-state index in [0.717, 1.165) is 17.8 Å². The molecule has 2 heteroatoms. The van der Waals surface area contributed by atoms with Crippen molar-refractivity contribution >= 4 is 11.9 Å². The van der Waals surface area contributed by atoms with Crippen LogP contribution in [0.3, 0.4) is 0 Å². The maximum atomic E-state index is 7.72. The molecule has 0 amide bonds. The molecule has 11 heavy (non-hydrogen) atoms. The average molecular weight is 180 g/mol. The summed E-state index contributed by atoms with van der Waals surface area (Å²) in [6.07, 6.45) is 1.37. The van der Waals surface area contributed by atoms with E-state index in [1.807, 2.05) is 0 Å². The predicted molar refractivity (Wildman–Crippen MR) is 49.3 cm³/mol. The molecule has 1 unspecified atom stereocenters. The summed E-state index contributed by atoms with van der Waals surface area (Å²) in [5.41, 5.74) is 0. The first kappa shape index (κ1) is 13.8. The Morgan fingerprint density at radius 3 is 1.45 bits per heavy atom. The number of halogens is 1. The van der Waals surface area contributed by atoms with Gasteiger partial charge in [-0.25, -0.2) is 11.9 Å². The van der Waals surface area contributed by atoms with E-state index in [2.05, 4.69) is 46.5 Å². The monoisotopic (exact) mass is 179 g/mol. The summed E-state index contributed by atoms with van der Waals surface area (Å²) in [5.74, 6) is 2.61. The van der Waals surface area contributed by atoms with E-state index in [1.165, 1.54) is 6.42 Å². The normalized spacial score (nSPS) is 12.8. The Hall–Kier alpha value is 0.250. The molecule has 0 fully saturated rings. The second-order valence-electron chi connectivity index (χ2n) is 3.85. The Labute approximate surface area is 75.9 Å². The van der Waals surface area contributed by atoms with Gasteiger partial charge in [-0.3, -0.25) is 0 Å². The van der Waals surface area contributed by atoms with Gasteiger partial charge in [0.2, 0.25) is 0 Å². The second kappa shape index (κ2) is 8.35. The van der Waals surface area contributed by atoms with Crippen molar-refractivity contribution in [2.24, 2.45) is 17.8 Å². The van der Waals surface area contributed by atoms with Gasteiger partial charge in [-0.05, 0) is 24.2 Å². The molecule has 0 spiro atoms. The highest BCUT2D eigenvalue weighted by molar-refractivity contribution is 6.02. The molecule has 0 radical (unpaired) electrons. The third-order valence-electron chi connectivity index (χ3n) is 1.98. The molecule has 0 aliphatic heterocycles. The Morgan fingerprint density at radius 1 is 1.00 bits per heavy atom. The highest BCUT2D eigenvalue weighted by Gasteiger charge is 2.07. The molecule has 0 aliphatic rings. The third-order valence-corrected chi connectivity index (χ3v) is 1.98. The van der Waals surface area contributed by atoms with Crippen LogP contribution in [0, 0.1) is 17.8 Å². The Balaban J connectivity index is 0. The van der Waals surface area contributed by atoms with Crippen LogP contribution < -0.4 is 4.66 Å². The van der Waals surface area contributed by atoms with Gasteiger partial charge in [-0.2, -0.15) is 0 Å². The molecule has 0 heterocycles. The number of rotatable bonds is 3. The van der Waals surface area contributed by atoms with Crippen molar-refractivity contribution in [2.45, 2.75) is 41.0 Å². The van der Waals surface area contributed by atoms with Gasteiger partial charge in [0.15, 0.2) is 0 Å². The van der Waals surface area contributed by atoms with Gasteiger partial charge in [-0.1, -0.05) is 34.6 Å². The van der Waals surface area contributed by atoms with Crippen molar-refractivity contribution in [3.8, 4) is 0 Å². The molecule has 0 aromatic carbocycles. The van der Waals surface area contributed by atoms with Gasteiger partial charge < -0.3 is 4.66 Å². The van der Waals surface area contributed by atoms with E-state index in [4.69, 9.17) is 4.66 Å². The molecule has 0 rings (SSSR count). The molecule has 1 atom stereocenters. The topological polar surface area (TPSA) is 23.1 Å². The SMILES string of the molecule is CC(C)CC(C)C(C)C.[O-]Cl. The lowest BCUT2D eigenvalue weighted by molar-refractivity contribution is -0.166. The second-order valence-corrected chi connectivity index (χ2v) is 3.85. The Bertz CT molecular complexity index is 72.0. The molecule has 0 aromatic heterocycles. The minimum Gasteiger partial charge on any atom is -0.769 e. The fourth-order valence-electron chi connectivity index (χ4n) is 1.02. The van der Waals surface area contributed by atoms with E-state index in [-0.39, 0.29) is 0 Å². The van der Waals surface area contributed by atoms with Crippen LogP contribution in [0.4, 0.5) is 0 Å². The van der Waals surface area contributed by atoms with Crippen molar-refractivity contribution in [3.63, 3.8) is 0 Å². The third kappa shape index (κ3) is 10.2. The van der Waals surface area contributed by atoms with E-state index >= 15 is 0 Å². The summed E-state index contributed by atoms with van der Waals surface area (Å²) >= 11 is 3.39. The zero-order valence-electron chi connectivity index (χ0n) is 8.23.